The van der Waals surface area contributed by atoms with Crippen molar-refractivity contribution in [3.63, 3.8) is 0 Å². The number of H-pyrrole nitrogens is 3. The Bertz CT molecular complexity index is 2120. The standard InChI is InChI=1S/C10H13N5O4S.2C9H12N2O5S/c11-7-4-8(14-10(20)13-7)15(2-12-4)9-6(18)5(17)3(1-16)19-9;12-3-4-6(13)7(14)8(16-4)11-2-1-5(17)10-9(11)15;12-3-4-6(14)7(15)8(16-4)11-2-1-5(13)10-9(11)17/h2-3,5-6,9,16-18H,1H2,(H3,11,13,14,20);1-2,4,6-8,12-14H,3H2,(H,10,15,17);1-2,4,6-8,12,14-15H,3H2,(H,10,13,17)/t3-,5-,6-,9-;2*4-,6-,7-,8-/m111/s1. The third kappa shape index (κ3) is 8.41. The molecule has 4 aromatic rings. The van der Waals surface area contributed by atoms with Gasteiger partial charge >= 0.3 is 5.69 Å². The van der Waals surface area contributed by atoms with Crippen LogP contribution in [0.25, 0.3) is 11.2 Å². The van der Waals surface area contributed by atoms with Crippen LogP contribution in [0.3, 0.4) is 0 Å². The average Bonchev–Trinajstić information content (AvgIpc) is 3.85. The first-order chi connectivity index (χ1) is 25.6. The SMILES string of the molecule is Nc1[nH]c(=S)nc2c1ncn2[C@@H]1O[C@H](CO)[C@@H](O)[C@H]1O.O=c1[nH]c(=S)ccn1[C@@H]1O[C@H](CO)[C@@H](O)[C@H]1O.O=c1ccn([C@@H]2O[C@H](CO)[C@@H](O)[C@H]2O)c(=S)[nH]1. The number of hydrogen-bond donors (Lipinski definition) is 13. The largest absolute Gasteiger partial charge is 0.394 e. The van der Waals surface area contributed by atoms with E-state index in [0.29, 0.717) is 11.2 Å². The second-order valence-corrected chi connectivity index (χ2v) is 13.2. The molecule has 296 valence electrons. The van der Waals surface area contributed by atoms with Crippen molar-refractivity contribution >= 4 is 53.6 Å². The van der Waals surface area contributed by atoms with Crippen molar-refractivity contribution in [3.8, 4) is 0 Å². The Balaban J connectivity index is 0.000000157. The number of aliphatic hydroxyl groups excluding tert-OH is 9. The minimum absolute atomic E-state index is 0.0762. The molecular weight excluding hydrogens is 783 g/mol. The summed E-state index contributed by atoms with van der Waals surface area (Å²) in [6.07, 6.45) is -8.78. The highest BCUT2D eigenvalue weighted by molar-refractivity contribution is 7.71. The van der Waals surface area contributed by atoms with Crippen LogP contribution < -0.4 is 17.0 Å². The zero-order valence-corrected chi connectivity index (χ0v) is 30.0. The van der Waals surface area contributed by atoms with Gasteiger partial charge in [-0.25, -0.2) is 9.78 Å². The molecule has 0 spiro atoms. The highest BCUT2D eigenvalue weighted by Crippen LogP contribution is 2.32. The van der Waals surface area contributed by atoms with Gasteiger partial charge in [-0.1, -0.05) is 12.2 Å². The molecule has 3 fully saturated rings. The van der Waals surface area contributed by atoms with Crippen LogP contribution in [-0.4, -0.2) is 159 Å². The van der Waals surface area contributed by atoms with Crippen molar-refractivity contribution in [1.29, 1.82) is 0 Å². The minimum Gasteiger partial charge on any atom is -0.394 e. The second kappa shape index (κ2) is 17.4. The van der Waals surface area contributed by atoms with E-state index in [4.69, 9.17) is 71.9 Å². The van der Waals surface area contributed by atoms with Crippen LogP contribution in [-0.2, 0) is 14.2 Å². The van der Waals surface area contributed by atoms with Gasteiger partial charge in [0.15, 0.2) is 33.9 Å². The molecule has 0 radical (unpaired) electrons. The van der Waals surface area contributed by atoms with Crippen molar-refractivity contribution in [2.75, 3.05) is 25.6 Å². The Morgan fingerprint density at radius 1 is 0.685 bits per heavy atom. The fraction of sp³-hybridized carbons (Fsp3) is 0.536. The van der Waals surface area contributed by atoms with E-state index in [-0.39, 0.29) is 25.6 Å². The number of anilines is 1. The number of hydrogen-bond acceptors (Lipinski definition) is 20. The van der Waals surface area contributed by atoms with Crippen molar-refractivity contribution in [1.82, 2.24) is 38.6 Å². The fourth-order valence-electron chi connectivity index (χ4n) is 5.72. The molecule has 7 heterocycles. The summed E-state index contributed by atoms with van der Waals surface area (Å²) in [5.74, 6) is 0.255. The molecular formula is C28H37N9O14S3. The summed E-state index contributed by atoms with van der Waals surface area (Å²) in [7, 11) is 0. The molecule has 0 saturated carbocycles. The zero-order chi connectivity index (χ0) is 39.6. The predicted molar refractivity (Wildman–Crippen MR) is 188 cm³/mol. The Hall–Kier alpha value is -3.71. The number of aromatic amines is 3. The lowest BCUT2D eigenvalue weighted by molar-refractivity contribution is -0.0550. The van der Waals surface area contributed by atoms with E-state index in [0.717, 1.165) is 4.57 Å². The molecule has 3 aliphatic rings. The Kier molecular flexibility index (Phi) is 13.4. The van der Waals surface area contributed by atoms with Crippen LogP contribution in [0.15, 0.2) is 40.4 Å². The lowest BCUT2D eigenvalue weighted by Gasteiger charge is -2.17. The number of imidazole rings is 1. The topological polar surface area (TPSA) is 358 Å². The van der Waals surface area contributed by atoms with E-state index in [1.165, 1.54) is 40.0 Å². The quantitative estimate of drug-likeness (QED) is 0.0819. The first kappa shape index (κ1) is 41.5. The minimum atomic E-state index is -1.28. The van der Waals surface area contributed by atoms with Crippen molar-refractivity contribution in [3.05, 3.63) is 65.9 Å². The molecule has 4 aromatic heterocycles. The molecule has 0 aliphatic carbocycles. The summed E-state index contributed by atoms with van der Waals surface area (Å²) in [6.45, 7) is -1.26. The summed E-state index contributed by atoms with van der Waals surface area (Å²) in [5.41, 5.74) is 5.56. The molecule has 54 heavy (non-hydrogen) atoms. The van der Waals surface area contributed by atoms with Gasteiger partial charge in [-0.3, -0.25) is 28.5 Å². The van der Waals surface area contributed by atoms with Crippen LogP contribution in [0.2, 0.25) is 0 Å². The van der Waals surface area contributed by atoms with E-state index in [1.54, 1.807) is 0 Å². The highest BCUT2D eigenvalue weighted by Gasteiger charge is 2.45. The van der Waals surface area contributed by atoms with Gasteiger partial charge in [0.25, 0.3) is 5.56 Å². The maximum atomic E-state index is 11.6. The van der Waals surface area contributed by atoms with Crippen LogP contribution in [0, 0.1) is 14.2 Å². The smallest absolute Gasteiger partial charge is 0.328 e. The number of nitrogens with two attached hydrogens (primary N) is 1. The summed E-state index contributed by atoms with van der Waals surface area (Å²) in [5, 5.41) is 85.3. The zero-order valence-electron chi connectivity index (χ0n) is 27.5. The van der Waals surface area contributed by atoms with Gasteiger partial charge in [0, 0.05) is 18.5 Å². The number of aromatic nitrogens is 8. The van der Waals surface area contributed by atoms with E-state index in [2.05, 4.69) is 24.9 Å². The third-order valence-corrected chi connectivity index (χ3v) is 9.29. The number of ether oxygens (including phenoxy) is 3. The summed E-state index contributed by atoms with van der Waals surface area (Å²) in [4.78, 5) is 38.2. The predicted octanol–water partition coefficient (Wildman–Crippen LogP) is -4.28. The van der Waals surface area contributed by atoms with Gasteiger partial charge in [0.1, 0.15) is 70.9 Å². The first-order valence-electron chi connectivity index (χ1n) is 15.8. The van der Waals surface area contributed by atoms with E-state index in [9.17, 15) is 40.2 Å². The summed E-state index contributed by atoms with van der Waals surface area (Å²) < 4.78 is 20.2. The number of aliphatic hydroxyl groups is 9. The lowest BCUT2D eigenvalue weighted by atomic mass is 10.1. The maximum Gasteiger partial charge on any atom is 0.328 e. The average molecular weight is 820 g/mol. The highest BCUT2D eigenvalue weighted by atomic mass is 32.1. The fourth-order valence-corrected chi connectivity index (χ4v) is 6.33. The molecule has 14 N–H and O–H groups in total. The lowest BCUT2D eigenvalue weighted by Crippen LogP contribution is -2.35. The number of nitrogens with zero attached hydrogens (tertiary/aromatic N) is 5. The first-order valence-corrected chi connectivity index (χ1v) is 17.1. The van der Waals surface area contributed by atoms with Gasteiger partial charge in [0.05, 0.1) is 26.1 Å². The summed E-state index contributed by atoms with van der Waals surface area (Å²) in [6, 6.07) is 2.69. The Morgan fingerprint density at radius 2 is 1.17 bits per heavy atom. The van der Waals surface area contributed by atoms with Gasteiger partial charge < -0.3 is 70.9 Å². The van der Waals surface area contributed by atoms with E-state index >= 15 is 0 Å². The van der Waals surface area contributed by atoms with Crippen LogP contribution in [0.1, 0.15) is 18.7 Å². The monoisotopic (exact) mass is 819 g/mol. The molecule has 0 amide bonds. The number of fused-ring (bicyclic) bond motifs is 1. The van der Waals surface area contributed by atoms with Crippen molar-refractivity contribution in [2.24, 2.45) is 0 Å². The van der Waals surface area contributed by atoms with Gasteiger partial charge in [-0.05, 0) is 30.5 Å². The van der Waals surface area contributed by atoms with Crippen LogP contribution in [0.5, 0.6) is 0 Å². The molecule has 0 aromatic carbocycles. The Labute approximate surface area is 316 Å². The van der Waals surface area contributed by atoms with E-state index in [1.807, 2.05) is 0 Å². The molecule has 7 rings (SSSR count). The normalized spacial score (nSPS) is 31.9. The molecule has 23 nitrogen and oxygen atoms in total. The van der Waals surface area contributed by atoms with Gasteiger partial charge in [-0.15, -0.1) is 0 Å². The molecule has 26 heteroatoms. The molecule has 0 unspecified atom stereocenters. The van der Waals surface area contributed by atoms with Crippen molar-refractivity contribution < 1.29 is 60.2 Å². The molecule has 3 aliphatic heterocycles. The molecule has 0 bridgehead atoms. The summed E-state index contributed by atoms with van der Waals surface area (Å²) >= 11 is 14.6. The third-order valence-electron chi connectivity index (χ3n) is 8.55. The number of rotatable bonds is 6. The van der Waals surface area contributed by atoms with Gasteiger partial charge in [0.2, 0.25) is 0 Å². The van der Waals surface area contributed by atoms with E-state index < -0.39 is 99.1 Å². The van der Waals surface area contributed by atoms with Crippen molar-refractivity contribution in [2.45, 2.75) is 73.6 Å². The van der Waals surface area contributed by atoms with Crippen LogP contribution >= 0.6 is 36.7 Å². The van der Waals surface area contributed by atoms with Crippen LogP contribution in [0.4, 0.5) is 5.82 Å². The Morgan fingerprint density at radius 3 is 1.63 bits per heavy atom. The maximum absolute atomic E-state index is 11.6. The van der Waals surface area contributed by atoms with Gasteiger partial charge in [-0.2, -0.15) is 4.98 Å². The number of nitrogen functional groups attached to an aromatic ring is 1. The second-order valence-electron chi connectivity index (χ2n) is 12.0. The number of nitrogens with one attached hydrogen (secondary N) is 3. The molecule has 12 atom stereocenters. The molecule has 3 saturated heterocycles.